The van der Waals surface area contributed by atoms with E-state index in [1.54, 1.807) is 30.5 Å². The third kappa shape index (κ3) is 5.66. The van der Waals surface area contributed by atoms with Crippen LogP contribution in [0.25, 0.3) is 11.3 Å². The van der Waals surface area contributed by atoms with Gasteiger partial charge in [0.1, 0.15) is 5.82 Å². The van der Waals surface area contributed by atoms with E-state index in [4.69, 9.17) is 4.42 Å². The quantitative estimate of drug-likeness (QED) is 0.538. The van der Waals surface area contributed by atoms with Gasteiger partial charge in [-0.3, -0.25) is 4.79 Å². The van der Waals surface area contributed by atoms with E-state index in [0.717, 1.165) is 11.1 Å². The molecule has 1 amide bonds. The first-order valence-corrected chi connectivity index (χ1v) is 12.4. The summed E-state index contributed by atoms with van der Waals surface area (Å²) in [6.45, 7) is 1.86. The molecule has 1 aliphatic rings. The van der Waals surface area contributed by atoms with Crippen LogP contribution in [0.15, 0.2) is 70.4 Å². The normalized spacial score (nSPS) is 19.7. The molecule has 0 aliphatic heterocycles. The first-order valence-electron chi connectivity index (χ1n) is 10.9. The van der Waals surface area contributed by atoms with Crippen LogP contribution in [0.4, 0.5) is 4.39 Å². The number of carbonyl (C=O) groups excluding carboxylic acids is 1. The summed E-state index contributed by atoms with van der Waals surface area (Å²) in [6, 6.07) is 12.0. The summed E-state index contributed by atoms with van der Waals surface area (Å²) < 4.78 is 46.7. The zero-order valence-corrected chi connectivity index (χ0v) is 19.0. The van der Waals surface area contributed by atoms with E-state index in [2.05, 4.69) is 15.0 Å². The van der Waals surface area contributed by atoms with Crippen LogP contribution in [-0.4, -0.2) is 25.4 Å². The molecule has 1 atom stereocenters. The number of benzene rings is 2. The highest BCUT2D eigenvalue weighted by molar-refractivity contribution is 7.89. The summed E-state index contributed by atoms with van der Waals surface area (Å²) in [5.41, 5.74) is 1.58. The van der Waals surface area contributed by atoms with Gasteiger partial charge in [-0.2, -0.15) is 0 Å². The summed E-state index contributed by atoms with van der Waals surface area (Å²) in [5, 5.41) is 2.98. The molecule has 1 saturated carbocycles. The van der Waals surface area contributed by atoms with Crippen molar-refractivity contribution in [3.05, 3.63) is 72.5 Å². The lowest BCUT2D eigenvalue weighted by atomic mass is 9.85. The van der Waals surface area contributed by atoms with Crippen molar-refractivity contribution in [3.8, 4) is 11.3 Å². The number of sulfonamides is 1. The highest BCUT2D eigenvalue weighted by atomic mass is 32.2. The number of carbonyl (C=O) groups is 1. The molecule has 1 aromatic heterocycles. The predicted molar refractivity (Wildman–Crippen MR) is 121 cm³/mol. The Bertz CT molecular complexity index is 1170. The number of amides is 1. The van der Waals surface area contributed by atoms with Crippen molar-refractivity contribution in [2.24, 2.45) is 5.92 Å². The molecule has 0 saturated heterocycles. The molecular weight excluding hydrogens is 445 g/mol. The molecule has 7 nitrogen and oxygen atoms in total. The fraction of sp³-hybridized carbons (Fsp3) is 0.333. The number of hydrogen-bond acceptors (Lipinski definition) is 5. The van der Waals surface area contributed by atoms with Crippen molar-refractivity contribution < 1.29 is 22.0 Å². The minimum atomic E-state index is -3.67. The number of rotatable bonds is 7. The monoisotopic (exact) mass is 471 g/mol. The molecule has 2 N–H and O–H groups in total. The maximum absolute atomic E-state index is 13.1. The fourth-order valence-corrected chi connectivity index (χ4v) is 5.39. The van der Waals surface area contributed by atoms with E-state index >= 15 is 0 Å². The summed E-state index contributed by atoms with van der Waals surface area (Å²) in [6.07, 6.45) is 5.24. The van der Waals surface area contributed by atoms with Gasteiger partial charge < -0.3 is 9.73 Å². The molecule has 3 aromatic rings. The molecule has 1 aliphatic carbocycles. The molecular formula is C24H26FN3O4S. The average molecular weight is 472 g/mol. The summed E-state index contributed by atoms with van der Waals surface area (Å²) in [5.74, 6) is 0.0204. The van der Waals surface area contributed by atoms with Gasteiger partial charge >= 0.3 is 0 Å². The first-order chi connectivity index (χ1) is 15.8. The summed E-state index contributed by atoms with van der Waals surface area (Å²) >= 11 is 0. The van der Waals surface area contributed by atoms with E-state index < -0.39 is 10.0 Å². The Morgan fingerprint density at radius 2 is 1.73 bits per heavy atom. The van der Waals surface area contributed by atoms with Gasteiger partial charge in [0, 0.05) is 17.5 Å². The van der Waals surface area contributed by atoms with Crippen molar-refractivity contribution in [3.63, 3.8) is 0 Å². The number of aromatic nitrogens is 1. The summed E-state index contributed by atoms with van der Waals surface area (Å²) in [4.78, 5) is 16.7. The van der Waals surface area contributed by atoms with Crippen molar-refractivity contribution in [1.82, 2.24) is 15.0 Å². The van der Waals surface area contributed by atoms with Gasteiger partial charge in [-0.05, 0) is 74.6 Å². The first kappa shape index (κ1) is 23.1. The van der Waals surface area contributed by atoms with E-state index in [-0.39, 0.29) is 34.6 Å². The molecule has 9 heteroatoms. The minimum absolute atomic E-state index is 0.0591. The van der Waals surface area contributed by atoms with Crippen molar-refractivity contribution in [2.75, 3.05) is 0 Å². The molecule has 1 fully saturated rings. The Kier molecular flexibility index (Phi) is 6.90. The van der Waals surface area contributed by atoms with E-state index in [1.165, 1.54) is 30.7 Å². The second-order valence-corrected chi connectivity index (χ2v) is 10.1. The predicted octanol–water partition coefficient (Wildman–Crippen LogP) is 4.20. The smallest absolute Gasteiger partial charge is 0.240 e. The van der Waals surface area contributed by atoms with Gasteiger partial charge in [0.2, 0.25) is 15.9 Å². The van der Waals surface area contributed by atoms with Crippen molar-refractivity contribution >= 4 is 15.9 Å². The van der Waals surface area contributed by atoms with Crippen molar-refractivity contribution in [2.45, 2.75) is 49.6 Å². The Labute approximate surface area is 192 Å². The second-order valence-electron chi connectivity index (χ2n) is 8.34. The standard InChI is InChI=1S/C24H26FN3O4S/c1-16(17-2-8-20(25)9-3-17)27-24(29)19-4-10-21(11-5-19)28-33(30,31)22-12-6-18(7-13-22)23-14-26-15-32-23/h2-3,6-9,12-16,19,21,28H,4-5,10-11H2,1H3,(H,27,29)/t16-,19-,21-/m1/s1. The minimum Gasteiger partial charge on any atom is -0.444 e. The van der Waals surface area contributed by atoms with Crippen LogP contribution in [0.5, 0.6) is 0 Å². The lowest BCUT2D eigenvalue weighted by Gasteiger charge is -2.29. The molecule has 0 bridgehead atoms. The second kappa shape index (κ2) is 9.84. The number of oxazole rings is 1. The maximum atomic E-state index is 13.1. The Morgan fingerprint density at radius 3 is 2.33 bits per heavy atom. The molecule has 33 heavy (non-hydrogen) atoms. The Morgan fingerprint density at radius 1 is 1.06 bits per heavy atom. The van der Waals surface area contributed by atoms with Crippen molar-refractivity contribution in [1.29, 1.82) is 0 Å². The molecule has 0 spiro atoms. The molecule has 174 valence electrons. The van der Waals surface area contributed by atoms with Gasteiger partial charge in [-0.15, -0.1) is 0 Å². The van der Waals surface area contributed by atoms with Crippen LogP contribution < -0.4 is 10.0 Å². The van der Waals surface area contributed by atoms with Crippen LogP contribution in [0, 0.1) is 11.7 Å². The third-order valence-electron chi connectivity index (χ3n) is 6.03. The SMILES string of the molecule is C[C@@H](NC(=O)[C@H]1CC[C@H](NS(=O)(=O)c2ccc(-c3cnco3)cc2)CC1)c1ccc(F)cc1. The molecule has 2 aromatic carbocycles. The van der Waals surface area contributed by atoms with E-state index in [9.17, 15) is 17.6 Å². The van der Waals surface area contributed by atoms with Crippen LogP contribution in [0.3, 0.4) is 0 Å². The average Bonchev–Trinajstić information content (AvgIpc) is 3.35. The van der Waals surface area contributed by atoms with Gasteiger partial charge in [-0.1, -0.05) is 12.1 Å². The van der Waals surface area contributed by atoms with Gasteiger partial charge in [0.25, 0.3) is 0 Å². The van der Waals surface area contributed by atoms with E-state index in [0.29, 0.717) is 31.4 Å². The van der Waals surface area contributed by atoms with E-state index in [1.807, 2.05) is 6.92 Å². The molecule has 0 unspecified atom stereocenters. The van der Waals surface area contributed by atoms with Gasteiger partial charge in [-0.25, -0.2) is 22.5 Å². The molecule has 1 heterocycles. The Hall–Kier alpha value is -3.04. The maximum Gasteiger partial charge on any atom is 0.240 e. The Balaban J connectivity index is 1.29. The zero-order valence-electron chi connectivity index (χ0n) is 18.2. The topological polar surface area (TPSA) is 101 Å². The third-order valence-corrected chi connectivity index (χ3v) is 7.57. The number of hydrogen-bond donors (Lipinski definition) is 2. The lowest BCUT2D eigenvalue weighted by molar-refractivity contribution is -0.126. The highest BCUT2D eigenvalue weighted by Gasteiger charge is 2.29. The van der Waals surface area contributed by atoms with Crippen LogP contribution in [0.1, 0.15) is 44.2 Å². The largest absolute Gasteiger partial charge is 0.444 e. The number of halogens is 1. The zero-order chi connectivity index (χ0) is 23.4. The molecule has 0 radical (unpaired) electrons. The van der Waals surface area contributed by atoms with Crippen LogP contribution in [0.2, 0.25) is 0 Å². The van der Waals surface area contributed by atoms with Crippen LogP contribution in [-0.2, 0) is 14.8 Å². The summed E-state index contributed by atoms with van der Waals surface area (Å²) in [7, 11) is -3.67. The molecule has 4 rings (SSSR count). The fourth-order valence-electron chi connectivity index (χ4n) is 4.08. The number of nitrogens with zero attached hydrogens (tertiary/aromatic N) is 1. The van der Waals surface area contributed by atoms with Gasteiger partial charge in [0.15, 0.2) is 12.2 Å². The number of nitrogens with one attached hydrogen (secondary N) is 2. The lowest BCUT2D eigenvalue weighted by Crippen LogP contribution is -2.41. The highest BCUT2D eigenvalue weighted by Crippen LogP contribution is 2.27. The van der Waals surface area contributed by atoms with Crippen LogP contribution >= 0.6 is 0 Å². The van der Waals surface area contributed by atoms with Gasteiger partial charge in [0.05, 0.1) is 17.1 Å².